The first kappa shape index (κ1) is 27.3. The van der Waals surface area contributed by atoms with Crippen molar-refractivity contribution in [2.45, 2.75) is 45.3 Å². The molecule has 2 heterocycles. The Morgan fingerprint density at radius 2 is 1.89 bits per heavy atom. The molecular formula is C26H29ClF2N6O3. The lowest BCUT2D eigenvalue weighted by molar-refractivity contribution is -0.128. The molecule has 0 fully saturated rings. The fourth-order valence-electron chi connectivity index (χ4n) is 4.26. The number of guanidine groups is 1. The number of hydrogen-bond acceptors (Lipinski definition) is 6. The Morgan fingerprint density at radius 1 is 1.21 bits per heavy atom. The van der Waals surface area contributed by atoms with Gasteiger partial charge in [-0.1, -0.05) is 17.7 Å². The van der Waals surface area contributed by atoms with E-state index in [9.17, 15) is 9.59 Å². The average Bonchev–Trinajstić information content (AvgIpc) is 3.14. The van der Waals surface area contributed by atoms with E-state index in [1.54, 1.807) is 64.9 Å². The lowest BCUT2D eigenvalue weighted by Gasteiger charge is -2.35. The maximum absolute atomic E-state index is 16.4. The van der Waals surface area contributed by atoms with E-state index in [-0.39, 0.29) is 29.6 Å². The van der Waals surface area contributed by atoms with Crippen molar-refractivity contribution < 1.29 is 23.1 Å². The first-order valence-corrected chi connectivity index (χ1v) is 12.2. The van der Waals surface area contributed by atoms with Crippen LogP contribution in [-0.4, -0.2) is 59.2 Å². The fraction of sp³-hybridized carbons (Fsp3) is 0.385. The molecule has 0 spiro atoms. The second-order valence-electron chi connectivity index (χ2n) is 10.5. The minimum atomic E-state index is -1.47. The van der Waals surface area contributed by atoms with Gasteiger partial charge in [-0.25, -0.2) is 23.6 Å². The Morgan fingerprint density at radius 3 is 2.53 bits per heavy atom. The number of rotatable bonds is 3. The molecule has 1 aliphatic rings. The standard InChI is InChI=1S/C26H29ClF2N6O3/c1-25(2,3)38-24(37)31-22-32-26(4,13-19(36)34(22)7)15-9-10-16(28)21(20(15)29)35-18-12-14(27)8-11-17(18)30-23(35)33(5)6/h8-12H,13H2,1-7H3,(H,31,32,37)/t26-/m0/s1. The molecule has 0 saturated heterocycles. The topological polar surface area (TPSA) is 92.1 Å². The molecule has 3 aromatic rings. The maximum Gasteiger partial charge on any atom is 0.414 e. The Labute approximate surface area is 224 Å². The van der Waals surface area contributed by atoms with E-state index in [2.05, 4.69) is 15.3 Å². The third kappa shape index (κ3) is 5.02. The van der Waals surface area contributed by atoms with Gasteiger partial charge in [-0.3, -0.25) is 19.6 Å². The van der Waals surface area contributed by atoms with Crippen molar-refractivity contribution in [1.29, 1.82) is 0 Å². The Balaban J connectivity index is 1.89. The first-order chi connectivity index (χ1) is 17.6. The van der Waals surface area contributed by atoms with Crippen LogP contribution in [0.4, 0.5) is 19.5 Å². The molecule has 0 unspecified atom stereocenters. The van der Waals surface area contributed by atoms with Crippen LogP contribution >= 0.6 is 11.6 Å². The number of nitrogens with zero attached hydrogens (tertiary/aromatic N) is 5. The van der Waals surface area contributed by atoms with E-state index in [0.717, 1.165) is 11.0 Å². The van der Waals surface area contributed by atoms with Gasteiger partial charge in [0.15, 0.2) is 5.82 Å². The van der Waals surface area contributed by atoms with Crippen LogP contribution in [0, 0.1) is 11.6 Å². The lowest BCUT2D eigenvalue weighted by Crippen LogP contribution is -2.52. The molecule has 1 aromatic heterocycles. The molecule has 202 valence electrons. The number of carbonyl (C=O) groups excluding carboxylic acids is 2. The molecule has 0 radical (unpaired) electrons. The first-order valence-electron chi connectivity index (χ1n) is 11.8. The number of benzene rings is 2. The lowest BCUT2D eigenvalue weighted by atomic mass is 9.86. The monoisotopic (exact) mass is 546 g/mol. The van der Waals surface area contributed by atoms with E-state index < -0.39 is 34.8 Å². The number of ether oxygens (including phenoxy) is 1. The van der Waals surface area contributed by atoms with Crippen LogP contribution in [0.25, 0.3) is 16.7 Å². The summed E-state index contributed by atoms with van der Waals surface area (Å²) in [4.78, 5) is 37.1. The SMILES string of the molecule is CN1C(=O)C[C@@](C)(c2ccc(F)c(-n3c(N(C)C)nc4ccc(Cl)cc43)c2F)N=C1NC(=O)OC(C)(C)C. The summed E-state index contributed by atoms with van der Waals surface area (Å²) in [7, 11) is 4.85. The van der Waals surface area contributed by atoms with Crippen LogP contribution in [0.2, 0.25) is 5.02 Å². The van der Waals surface area contributed by atoms with Gasteiger partial charge in [-0.15, -0.1) is 0 Å². The summed E-state index contributed by atoms with van der Waals surface area (Å²) < 4.78 is 38.4. The van der Waals surface area contributed by atoms with Crippen molar-refractivity contribution in [2.24, 2.45) is 4.99 Å². The van der Waals surface area contributed by atoms with E-state index in [4.69, 9.17) is 16.3 Å². The second kappa shape index (κ2) is 9.54. The van der Waals surface area contributed by atoms with Crippen molar-refractivity contribution in [1.82, 2.24) is 19.8 Å². The van der Waals surface area contributed by atoms with Crippen LogP contribution < -0.4 is 10.2 Å². The number of imidazole rings is 1. The van der Waals surface area contributed by atoms with Crippen LogP contribution in [-0.2, 0) is 15.1 Å². The van der Waals surface area contributed by atoms with Crippen molar-refractivity contribution in [2.75, 3.05) is 26.0 Å². The molecule has 9 nitrogen and oxygen atoms in total. The summed E-state index contributed by atoms with van der Waals surface area (Å²) in [6.45, 7) is 6.63. The highest BCUT2D eigenvalue weighted by Crippen LogP contribution is 2.39. The molecule has 1 N–H and O–H groups in total. The summed E-state index contributed by atoms with van der Waals surface area (Å²) in [5.41, 5.74) is -1.79. The van der Waals surface area contributed by atoms with Gasteiger partial charge in [-0.2, -0.15) is 0 Å². The van der Waals surface area contributed by atoms with Gasteiger partial charge in [0, 0.05) is 31.7 Å². The molecule has 12 heteroatoms. The highest BCUT2D eigenvalue weighted by atomic mass is 35.5. The predicted molar refractivity (Wildman–Crippen MR) is 142 cm³/mol. The second-order valence-corrected chi connectivity index (χ2v) is 10.9. The Bertz CT molecular complexity index is 1480. The van der Waals surface area contributed by atoms with E-state index in [0.29, 0.717) is 16.1 Å². The van der Waals surface area contributed by atoms with E-state index >= 15 is 8.78 Å². The number of halogens is 3. The molecular weight excluding hydrogens is 518 g/mol. The number of aromatic nitrogens is 2. The van der Waals surface area contributed by atoms with Gasteiger partial charge < -0.3 is 9.64 Å². The third-order valence-electron chi connectivity index (χ3n) is 6.02. The summed E-state index contributed by atoms with van der Waals surface area (Å²) in [5, 5.41) is 2.84. The van der Waals surface area contributed by atoms with E-state index in [1.807, 2.05) is 0 Å². The number of hydrogen-bond donors (Lipinski definition) is 1. The predicted octanol–water partition coefficient (Wildman–Crippen LogP) is 4.98. The van der Waals surface area contributed by atoms with Gasteiger partial charge >= 0.3 is 6.09 Å². The molecule has 2 aromatic carbocycles. The zero-order chi connectivity index (χ0) is 28.2. The molecule has 4 rings (SSSR count). The molecule has 0 bridgehead atoms. The molecule has 0 saturated carbocycles. The third-order valence-corrected chi connectivity index (χ3v) is 6.26. The van der Waals surface area contributed by atoms with Gasteiger partial charge in [0.25, 0.3) is 0 Å². The average molecular weight is 547 g/mol. The van der Waals surface area contributed by atoms with Crippen molar-refractivity contribution >= 4 is 46.5 Å². The van der Waals surface area contributed by atoms with E-state index in [1.165, 1.54) is 17.7 Å². The van der Waals surface area contributed by atoms with Gasteiger partial charge in [0.05, 0.1) is 23.0 Å². The highest BCUT2D eigenvalue weighted by molar-refractivity contribution is 6.31. The van der Waals surface area contributed by atoms with Gasteiger partial charge in [0.2, 0.25) is 17.8 Å². The quantitative estimate of drug-likeness (QED) is 0.500. The number of nitrogens with one attached hydrogen (secondary N) is 1. The molecule has 2 amide bonds. The largest absolute Gasteiger partial charge is 0.444 e. The summed E-state index contributed by atoms with van der Waals surface area (Å²) in [5.74, 6) is -2.03. The van der Waals surface area contributed by atoms with Crippen molar-refractivity contribution in [3.8, 4) is 5.69 Å². The summed E-state index contributed by atoms with van der Waals surface area (Å²) >= 11 is 6.20. The fourth-order valence-corrected chi connectivity index (χ4v) is 4.43. The molecule has 0 aliphatic carbocycles. The zero-order valence-electron chi connectivity index (χ0n) is 22.2. The Hall–Kier alpha value is -3.73. The highest BCUT2D eigenvalue weighted by Gasteiger charge is 2.41. The van der Waals surface area contributed by atoms with Gasteiger partial charge in [-0.05, 0) is 52.0 Å². The number of anilines is 1. The maximum atomic E-state index is 16.4. The van der Waals surface area contributed by atoms with Crippen molar-refractivity contribution in [3.63, 3.8) is 0 Å². The van der Waals surface area contributed by atoms with Crippen molar-refractivity contribution in [3.05, 3.63) is 52.6 Å². The van der Waals surface area contributed by atoms with Crippen LogP contribution in [0.5, 0.6) is 0 Å². The summed E-state index contributed by atoms with van der Waals surface area (Å²) in [6.07, 6.45) is -1.04. The number of alkyl carbamates (subject to hydrolysis) is 1. The number of carbonyl (C=O) groups is 2. The molecule has 1 aliphatic heterocycles. The minimum absolute atomic E-state index is 0.0348. The van der Waals surface area contributed by atoms with Crippen LogP contribution in [0.15, 0.2) is 35.3 Å². The zero-order valence-corrected chi connectivity index (χ0v) is 22.9. The van der Waals surface area contributed by atoms with Crippen LogP contribution in [0.1, 0.15) is 39.7 Å². The number of amides is 2. The van der Waals surface area contributed by atoms with Crippen LogP contribution in [0.3, 0.4) is 0 Å². The minimum Gasteiger partial charge on any atom is -0.444 e. The molecule has 38 heavy (non-hydrogen) atoms. The molecule has 1 atom stereocenters. The number of aliphatic imine (C=N–C) groups is 1. The smallest absolute Gasteiger partial charge is 0.414 e. The Kier molecular flexibility index (Phi) is 6.85. The normalized spacial score (nSPS) is 18.0. The number of fused-ring (bicyclic) bond motifs is 1. The summed E-state index contributed by atoms with van der Waals surface area (Å²) in [6, 6.07) is 7.25. The van der Waals surface area contributed by atoms with Gasteiger partial charge in [0.1, 0.15) is 17.1 Å².